The summed E-state index contributed by atoms with van der Waals surface area (Å²) in [5, 5.41) is 15.6. The minimum atomic E-state index is -0.619. The van der Waals surface area contributed by atoms with Gasteiger partial charge in [0.1, 0.15) is 5.69 Å². The molecule has 0 fully saturated rings. The number of nitro benzene ring substituents is 1. The zero-order valence-electron chi connectivity index (χ0n) is 17.3. The van der Waals surface area contributed by atoms with E-state index in [0.29, 0.717) is 29.9 Å². The largest absolute Gasteiger partial charge is 0.465 e. The lowest BCUT2D eigenvalue weighted by molar-refractivity contribution is -0.384. The second-order valence-corrected chi connectivity index (χ2v) is 7.20. The Morgan fingerprint density at radius 2 is 1.88 bits per heavy atom. The lowest BCUT2D eigenvalue weighted by Gasteiger charge is -2.18. The van der Waals surface area contributed by atoms with Gasteiger partial charge in [0, 0.05) is 30.1 Å². The van der Waals surface area contributed by atoms with Crippen molar-refractivity contribution in [1.82, 2.24) is 9.78 Å². The molecule has 1 amide bonds. The fourth-order valence-electron chi connectivity index (χ4n) is 3.72. The van der Waals surface area contributed by atoms with Crippen LogP contribution in [0.4, 0.5) is 11.4 Å². The number of anilines is 1. The van der Waals surface area contributed by atoms with Gasteiger partial charge in [0.2, 0.25) is 5.43 Å². The van der Waals surface area contributed by atoms with Gasteiger partial charge in [0.25, 0.3) is 11.6 Å². The van der Waals surface area contributed by atoms with Crippen molar-refractivity contribution in [1.29, 1.82) is 0 Å². The van der Waals surface area contributed by atoms with Crippen molar-refractivity contribution in [2.75, 3.05) is 18.6 Å². The first kappa shape index (κ1) is 20.9. The molecule has 1 aromatic heterocycles. The number of benzene rings is 2. The van der Waals surface area contributed by atoms with Crippen molar-refractivity contribution < 1.29 is 19.2 Å². The van der Waals surface area contributed by atoms with E-state index in [-0.39, 0.29) is 17.1 Å². The van der Waals surface area contributed by atoms with Gasteiger partial charge in [-0.2, -0.15) is 5.10 Å². The molecule has 0 bridgehead atoms. The second-order valence-electron chi connectivity index (χ2n) is 7.20. The first-order valence-electron chi connectivity index (χ1n) is 9.69. The van der Waals surface area contributed by atoms with Crippen molar-refractivity contribution in [3.63, 3.8) is 0 Å². The number of nitrogens with zero attached hydrogens (tertiary/aromatic N) is 4. The van der Waals surface area contributed by atoms with E-state index in [0.717, 1.165) is 5.56 Å². The number of hydrogen-bond acceptors (Lipinski definition) is 7. The molecular formula is C22H18N4O6. The summed E-state index contributed by atoms with van der Waals surface area (Å²) in [6.07, 6.45) is 0.496. The number of nitro groups is 1. The fraction of sp³-hybridized carbons (Fsp3) is 0.182. The molecule has 3 aromatic rings. The SMILES string of the molecule is COC(=O)c1ccc2c(c1)CCN2C(=O)c1nn(-c2ccccc2[N+](=O)[O-])c(C)cc1=O. The minimum Gasteiger partial charge on any atom is -0.465 e. The van der Waals surface area contributed by atoms with E-state index in [9.17, 15) is 24.5 Å². The summed E-state index contributed by atoms with van der Waals surface area (Å²) in [6, 6.07) is 12.0. The molecule has 1 aliphatic heterocycles. The number of esters is 1. The number of hydrogen-bond donors (Lipinski definition) is 0. The summed E-state index contributed by atoms with van der Waals surface area (Å²) in [5.74, 6) is -1.10. The number of aryl methyl sites for hydroxylation is 1. The Hall–Kier alpha value is -4.34. The number of amides is 1. The molecule has 10 heteroatoms. The zero-order chi connectivity index (χ0) is 23.0. The third-order valence-electron chi connectivity index (χ3n) is 5.26. The molecular weight excluding hydrogens is 416 g/mol. The third-order valence-corrected chi connectivity index (χ3v) is 5.26. The van der Waals surface area contributed by atoms with E-state index in [2.05, 4.69) is 5.10 Å². The van der Waals surface area contributed by atoms with Crippen LogP contribution in [0.15, 0.2) is 53.3 Å². The Kier molecular flexibility index (Phi) is 5.27. The van der Waals surface area contributed by atoms with Crippen molar-refractivity contribution in [2.24, 2.45) is 0 Å². The number of rotatable bonds is 4. The number of methoxy groups -OCH3 is 1. The van der Waals surface area contributed by atoms with Gasteiger partial charge in [-0.3, -0.25) is 19.7 Å². The maximum atomic E-state index is 13.2. The quantitative estimate of drug-likeness (QED) is 0.351. The molecule has 4 rings (SSSR count). The summed E-state index contributed by atoms with van der Waals surface area (Å²) < 4.78 is 5.95. The van der Waals surface area contributed by atoms with Gasteiger partial charge >= 0.3 is 5.97 Å². The topological polar surface area (TPSA) is 125 Å². The Balaban J connectivity index is 1.76. The average Bonchev–Trinajstić information content (AvgIpc) is 3.21. The van der Waals surface area contributed by atoms with Gasteiger partial charge in [0.15, 0.2) is 5.69 Å². The predicted molar refractivity (Wildman–Crippen MR) is 114 cm³/mol. The van der Waals surface area contributed by atoms with Crippen molar-refractivity contribution in [3.8, 4) is 5.69 Å². The molecule has 10 nitrogen and oxygen atoms in total. The minimum absolute atomic E-state index is 0.147. The smallest absolute Gasteiger partial charge is 0.337 e. The van der Waals surface area contributed by atoms with Crippen LogP contribution >= 0.6 is 0 Å². The third kappa shape index (κ3) is 3.51. The van der Waals surface area contributed by atoms with Crippen LogP contribution in [0.25, 0.3) is 5.69 Å². The number of carbonyl (C=O) groups excluding carboxylic acids is 2. The van der Waals surface area contributed by atoms with Crippen LogP contribution in [0.5, 0.6) is 0 Å². The van der Waals surface area contributed by atoms with Crippen LogP contribution in [0.2, 0.25) is 0 Å². The van der Waals surface area contributed by atoms with Gasteiger partial charge in [0.05, 0.1) is 17.6 Å². The second kappa shape index (κ2) is 8.06. The molecule has 1 aliphatic rings. The van der Waals surface area contributed by atoms with Gasteiger partial charge in [-0.25, -0.2) is 9.48 Å². The highest BCUT2D eigenvalue weighted by Gasteiger charge is 2.30. The van der Waals surface area contributed by atoms with Crippen LogP contribution in [-0.4, -0.2) is 40.2 Å². The monoisotopic (exact) mass is 434 g/mol. The Morgan fingerprint density at radius 1 is 1.12 bits per heavy atom. The molecule has 0 atom stereocenters. The van der Waals surface area contributed by atoms with Gasteiger partial charge < -0.3 is 9.64 Å². The first-order valence-corrected chi connectivity index (χ1v) is 9.69. The molecule has 0 radical (unpaired) electrons. The van der Waals surface area contributed by atoms with Crippen molar-refractivity contribution in [2.45, 2.75) is 13.3 Å². The number of aromatic nitrogens is 2. The van der Waals surface area contributed by atoms with Crippen molar-refractivity contribution >= 4 is 23.3 Å². The lowest BCUT2D eigenvalue weighted by Crippen LogP contribution is -2.35. The molecule has 0 spiro atoms. The maximum absolute atomic E-state index is 13.2. The standard InChI is InChI=1S/C22H18N4O6/c1-13-11-19(27)20(23-25(13)17-5-3-4-6-18(17)26(30)31)21(28)24-10-9-14-12-15(22(29)32-2)7-8-16(14)24/h3-8,11-12H,9-10H2,1-2H3. The Labute approximate surface area is 181 Å². The highest BCUT2D eigenvalue weighted by Crippen LogP contribution is 2.30. The summed E-state index contributed by atoms with van der Waals surface area (Å²) >= 11 is 0. The number of fused-ring (bicyclic) bond motifs is 1. The van der Waals surface area contributed by atoms with Gasteiger partial charge in [-0.1, -0.05) is 12.1 Å². The summed E-state index contributed by atoms with van der Waals surface area (Å²) in [5.41, 5.74) is 1.08. The van der Waals surface area contributed by atoms with E-state index >= 15 is 0 Å². The van der Waals surface area contributed by atoms with E-state index in [1.165, 1.54) is 41.0 Å². The van der Waals surface area contributed by atoms with Crippen LogP contribution < -0.4 is 10.3 Å². The van der Waals surface area contributed by atoms with Gasteiger partial charge in [-0.05, 0) is 43.2 Å². The van der Waals surface area contributed by atoms with E-state index in [4.69, 9.17) is 4.74 Å². The highest BCUT2D eigenvalue weighted by molar-refractivity contribution is 6.06. The summed E-state index contributed by atoms with van der Waals surface area (Å²) in [6.45, 7) is 1.89. The molecule has 0 saturated carbocycles. The van der Waals surface area contributed by atoms with E-state index < -0.39 is 22.2 Å². The van der Waals surface area contributed by atoms with E-state index in [1.54, 1.807) is 31.2 Å². The summed E-state index contributed by atoms with van der Waals surface area (Å²) in [4.78, 5) is 49.9. The number of ether oxygens (including phenoxy) is 1. The molecule has 0 saturated heterocycles. The predicted octanol–water partition coefficient (Wildman–Crippen LogP) is 2.44. The van der Waals surface area contributed by atoms with Crippen LogP contribution in [-0.2, 0) is 11.2 Å². The zero-order valence-corrected chi connectivity index (χ0v) is 17.3. The first-order chi connectivity index (χ1) is 15.3. The Morgan fingerprint density at radius 3 is 2.59 bits per heavy atom. The van der Waals surface area contributed by atoms with Crippen molar-refractivity contribution in [3.05, 3.63) is 91.4 Å². The molecule has 0 N–H and O–H groups in total. The average molecular weight is 434 g/mol. The van der Waals surface area contributed by atoms with Crippen LogP contribution in [0.3, 0.4) is 0 Å². The molecule has 2 heterocycles. The summed E-state index contributed by atoms with van der Waals surface area (Å²) in [7, 11) is 1.29. The van der Waals surface area contributed by atoms with Crippen LogP contribution in [0, 0.1) is 17.0 Å². The van der Waals surface area contributed by atoms with Crippen LogP contribution in [0.1, 0.15) is 32.1 Å². The molecule has 0 aliphatic carbocycles. The van der Waals surface area contributed by atoms with E-state index in [1.807, 2.05) is 0 Å². The Bertz CT molecular complexity index is 1330. The normalized spacial score (nSPS) is 12.4. The maximum Gasteiger partial charge on any atom is 0.337 e. The molecule has 2 aromatic carbocycles. The fourth-order valence-corrected chi connectivity index (χ4v) is 3.72. The molecule has 162 valence electrons. The lowest BCUT2D eigenvalue weighted by atomic mass is 10.1. The number of para-hydroxylation sites is 2. The number of carbonyl (C=O) groups is 2. The molecule has 32 heavy (non-hydrogen) atoms. The van der Waals surface area contributed by atoms with Gasteiger partial charge in [-0.15, -0.1) is 0 Å². The molecule has 0 unspecified atom stereocenters. The highest BCUT2D eigenvalue weighted by atomic mass is 16.6.